The Labute approximate surface area is 192 Å². The first kappa shape index (κ1) is 22.2. The van der Waals surface area contributed by atoms with E-state index in [2.05, 4.69) is 15.6 Å². The number of nitrogens with zero attached hydrogens (tertiary/aromatic N) is 4. The van der Waals surface area contributed by atoms with Crippen LogP contribution in [0.4, 0.5) is 5.69 Å². The van der Waals surface area contributed by atoms with Gasteiger partial charge in [0.1, 0.15) is 0 Å². The Morgan fingerprint density at radius 3 is 2.52 bits per heavy atom. The van der Waals surface area contributed by atoms with Crippen molar-refractivity contribution in [3.05, 3.63) is 72.4 Å². The normalized spacial score (nSPS) is 11.0. The summed E-state index contributed by atoms with van der Waals surface area (Å²) >= 11 is 0. The summed E-state index contributed by atoms with van der Waals surface area (Å²) in [5.41, 5.74) is 5.37. The second-order valence-electron chi connectivity index (χ2n) is 8.03. The van der Waals surface area contributed by atoms with Crippen LogP contribution >= 0.6 is 0 Å². The van der Waals surface area contributed by atoms with Gasteiger partial charge in [0.15, 0.2) is 5.65 Å². The van der Waals surface area contributed by atoms with E-state index in [0.29, 0.717) is 17.8 Å². The highest BCUT2D eigenvalue weighted by molar-refractivity contribution is 5.95. The fraction of sp³-hybridized carbons (Fsp3) is 0.200. The smallest absolute Gasteiger partial charge is 0.251 e. The van der Waals surface area contributed by atoms with E-state index in [9.17, 15) is 9.59 Å². The third-order valence-electron chi connectivity index (χ3n) is 5.13. The standard InChI is InChI=1S/C25H26N6O2/c1-17(32)28-21-9-7-18(8-10-21)22-11-12-24-27-16-23(31(24)29-22)19-5-4-6-20(15-19)25(33)26-13-14-30(2)3/h4-12,15-16H,13-14H2,1-3H3,(H,26,33)(H,28,32). The lowest BCUT2D eigenvalue weighted by Crippen LogP contribution is -2.31. The van der Waals surface area contributed by atoms with Crippen LogP contribution in [-0.2, 0) is 4.79 Å². The Kier molecular flexibility index (Phi) is 6.46. The SMILES string of the molecule is CC(=O)Nc1ccc(-c2ccc3ncc(-c4cccc(C(=O)NCCN(C)C)c4)n3n2)cc1. The molecule has 0 aliphatic carbocycles. The van der Waals surface area contributed by atoms with Gasteiger partial charge in [0.2, 0.25) is 5.91 Å². The van der Waals surface area contributed by atoms with Crippen molar-refractivity contribution in [3.8, 4) is 22.5 Å². The van der Waals surface area contributed by atoms with Crippen molar-refractivity contribution in [3.63, 3.8) is 0 Å². The van der Waals surface area contributed by atoms with Gasteiger partial charge in [-0.1, -0.05) is 24.3 Å². The van der Waals surface area contributed by atoms with Crippen LogP contribution in [0.3, 0.4) is 0 Å². The largest absolute Gasteiger partial charge is 0.351 e. The van der Waals surface area contributed by atoms with Crippen LogP contribution in [0.15, 0.2) is 66.9 Å². The molecule has 0 bridgehead atoms. The summed E-state index contributed by atoms with van der Waals surface area (Å²) in [4.78, 5) is 30.3. The van der Waals surface area contributed by atoms with Gasteiger partial charge in [-0.3, -0.25) is 9.59 Å². The average molecular weight is 443 g/mol. The molecule has 0 fully saturated rings. The number of hydrogen-bond donors (Lipinski definition) is 2. The molecule has 0 unspecified atom stereocenters. The second-order valence-corrected chi connectivity index (χ2v) is 8.03. The molecule has 4 aromatic rings. The lowest BCUT2D eigenvalue weighted by atomic mass is 10.1. The van der Waals surface area contributed by atoms with Crippen molar-refractivity contribution in [1.29, 1.82) is 0 Å². The number of anilines is 1. The minimum Gasteiger partial charge on any atom is -0.351 e. The molecule has 0 radical (unpaired) electrons. The maximum Gasteiger partial charge on any atom is 0.251 e. The average Bonchev–Trinajstić information content (AvgIpc) is 3.22. The van der Waals surface area contributed by atoms with Crippen molar-refractivity contribution in [1.82, 2.24) is 24.8 Å². The number of likely N-dealkylation sites (N-methyl/N-ethyl adjacent to an activating group) is 1. The van der Waals surface area contributed by atoms with Gasteiger partial charge in [-0.15, -0.1) is 0 Å². The number of hydrogen-bond acceptors (Lipinski definition) is 5. The van der Waals surface area contributed by atoms with E-state index >= 15 is 0 Å². The van der Waals surface area contributed by atoms with Crippen LogP contribution in [0.25, 0.3) is 28.2 Å². The van der Waals surface area contributed by atoms with Crippen LogP contribution < -0.4 is 10.6 Å². The Balaban J connectivity index is 1.61. The van der Waals surface area contributed by atoms with Crippen molar-refractivity contribution in [2.24, 2.45) is 0 Å². The molecule has 2 amide bonds. The molecule has 0 aliphatic heterocycles. The third-order valence-corrected chi connectivity index (χ3v) is 5.13. The van der Waals surface area contributed by atoms with Gasteiger partial charge < -0.3 is 15.5 Å². The topological polar surface area (TPSA) is 91.6 Å². The molecule has 0 spiro atoms. The van der Waals surface area contributed by atoms with Crippen molar-refractivity contribution < 1.29 is 9.59 Å². The zero-order valence-electron chi connectivity index (χ0n) is 18.9. The van der Waals surface area contributed by atoms with Crippen molar-refractivity contribution >= 4 is 23.1 Å². The molecule has 4 rings (SSSR count). The Bertz CT molecular complexity index is 1290. The molecule has 8 heteroatoms. The van der Waals surface area contributed by atoms with Crippen LogP contribution in [0.1, 0.15) is 17.3 Å². The molecule has 2 N–H and O–H groups in total. The predicted molar refractivity (Wildman–Crippen MR) is 129 cm³/mol. The van der Waals surface area contributed by atoms with Gasteiger partial charge in [0.05, 0.1) is 17.6 Å². The molecular weight excluding hydrogens is 416 g/mol. The maximum absolute atomic E-state index is 12.6. The fourth-order valence-electron chi connectivity index (χ4n) is 3.47. The number of fused-ring (bicyclic) bond motifs is 1. The van der Waals surface area contributed by atoms with Gasteiger partial charge in [0, 0.05) is 42.4 Å². The minimum atomic E-state index is -0.112. The predicted octanol–water partition coefficient (Wildman–Crippen LogP) is 3.31. The number of amides is 2. The third kappa shape index (κ3) is 5.24. The monoisotopic (exact) mass is 442 g/mol. The first-order valence-corrected chi connectivity index (χ1v) is 10.7. The van der Waals surface area contributed by atoms with E-state index < -0.39 is 0 Å². The first-order chi connectivity index (χ1) is 15.9. The highest BCUT2D eigenvalue weighted by atomic mass is 16.2. The van der Waals surface area contributed by atoms with Crippen LogP contribution in [0.5, 0.6) is 0 Å². The van der Waals surface area contributed by atoms with Gasteiger partial charge in [-0.2, -0.15) is 5.10 Å². The molecular formula is C25H26N6O2. The highest BCUT2D eigenvalue weighted by Crippen LogP contribution is 2.24. The number of carbonyl (C=O) groups is 2. The van der Waals surface area contributed by atoms with Crippen molar-refractivity contribution in [2.75, 3.05) is 32.5 Å². The first-order valence-electron chi connectivity index (χ1n) is 10.7. The summed E-state index contributed by atoms with van der Waals surface area (Å²) < 4.78 is 1.78. The molecule has 168 valence electrons. The van der Waals surface area contributed by atoms with Crippen LogP contribution in [0.2, 0.25) is 0 Å². The Morgan fingerprint density at radius 1 is 1.00 bits per heavy atom. The van der Waals surface area contributed by atoms with Crippen LogP contribution in [0, 0.1) is 0 Å². The number of rotatable bonds is 7. The molecule has 0 aliphatic rings. The number of benzene rings is 2. The van der Waals surface area contributed by atoms with E-state index in [-0.39, 0.29) is 11.8 Å². The summed E-state index contributed by atoms with van der Waals surface area (Å²) in [7, 11) is 3.94. The van der Waals surface area contributed by atoms with E-state index in [1.807, 2.05) is 73.6 Å². The number of nitrogens with one attached hydrogen (secondary N) is 2. The summed E-state index contributed by atoms with van der Waals surface area (Å²) in [5.74, 6) is -0.223. The second kappa shape index (κ2) is 9.62. The van der Waals surface area contributed by atoms with E-state index in [1.54, 1.807) is 16.8 Å². The van der Waals surface area contributed by atoms with Crippen LogP contribution in [-0.4, -0.2) is 58.5 Å². The molecule has 2 heterocycles. The lowest BCUT2D eigenvalue weighted by molar-refractivity contribution is -0.114. The van der Waals surface area contributed by atoms with Gasteiger partial charge >= 0.3 is 0 Å². The number of imidazole rings is 1. The molecule has 8 nitrogen and oxygen atoms in total. The van der Waals surface area contributed by atoms with Gasteiger partial charge in [-0.25, -0.2) is 9.50 Å². The zero-order chi connectivity index (χ0) is 23.4. The summed E-state index contributed by atoms with van der Waals surface area (Å²) in [6.45, 7) is 2.83. The molecule has 0 atom stereocenters. The molecule has 2 aromatic heterocycles. The van der Waals surface area contributed by atoms with Crippen molar-refractivity contribution in [2.45, 2.75) is 6.92 Å². The van der Waals surface area contributed by atoms with E-state index in [4.69, 9.17) is 5.10 Å². The quantitative estimate of drug-likeness (QED) is 0.458. The molecule has 2 aromatic carbocycles. The Hall–Kier alpha value is -4.04. The summed E-state index contributed by atoms with van der Waals surface area (Å²) in [6.07, 6.45) is 1.76. The Morgan fingerprint density at radius 2 is 1.79 bits per heavy atom. The summed E-state index contributed by atoms with van der Waals surface area (Å²) in [6, 6.07) is 18.8. The molecule has 33 heavy (non-hydrogen) atoms. The zero-order valence-corrected chi connectivity index (χ0v) is 18.9. The number of carbonyl (C=O) groups excluding carboxylic acids is 2. The van der Waals surface area contributed by atoms with Gasteiger partial charge in [-0.05, 0) is 50.5 Å². The highest BCUT2D eigenvalue weighted by Gasteiger charge is 2.12. The molecule has 0 saturated carbocycles. The minimum absolute atomic E-state index is 0.111. The van der Waals surface area contributed by atoms with E-state index in [1.165, 1.54) is 6.92 Å². The fourth-order valence-corrected chi connectivity index (χ4v) is 3.47. The summed E-state index contributed by atoms with van der Waals surface area (Å²) in [5, 5.41) is 10.5. The maximum atomic E-state index is 12.6. The number of aromatic nitrogens is 3. The molecule has 0 saturated heterocycles. The van der Waals surface area contributed by atoms with Gasteiger partial charge in [0.25, 0.3) is 5.91 Å². The van der Waals surface area contributed by atoms with E-state index in [0.717, 1.165) is 34.7 Å². The lowest BCUT2D eigenvalue weighted by Gasteiger charge is -2.11.